The molecule has 0 radical (unpaired) electrons. The van der Waals surface area contributed by atoms with E-state index in [0.29, 0.717) is 11.8 Å². The minimum atomic E-state index is -0.596. The van der Waals surface area contributed by atoms with E-state index in [2.05, 4.69) is 17.9 Å². The SMILES string of the molecule is C=Cc1ccccc1C(=C)C(=O)OCC=O. The summed E-state index contributed by atoms with van der Waals surface area (Å²) < 4.78 is 4.67. The van der Waals surface area contributed by atoms with Crippen molar-refractivity contribution < 1.29 is 14.3 Å². The Morgan fingerprint density at radius 3 is 2.69 bits per heavy atom. The van der Waals surface area contributed by atoms with Crippen LogP contribution in [0.1, 0.15) is 11.1 Å². The molecule has 1 rings (SSSR count). The maximum atomic E-state index is 11.5. The topological polar surface area (TPSA) is 43.4 Å². The van der Waals surface area contributed by atoms with Gasteiger partial charge in [-0.05, 0) is 11.1 Å². The van der Waals surface area contributed by atoms with Gasteiger partial charge in [-0.25, -0.2) is 4.79 Å². The molecule has 0 amide bonds. The van der Waals surface area contributed by atoms with Crippen molar-refractivity contribution in [2.24, 2.45) is 0 Å². The fraction of sp³-hybridized carbons (Fsp3) is 0.0769. The number of aldehydes is 1. The third-order valence-electron chi connectivity index (χ3n) is 2.03. The molecule has 1 aromatic rings. The molecule has 16 heavy (non-hydrogen) atoms. The lowest BCUT2D eigenvalue weighted by Crippen LogP contribution is -2.08. The summed E-state index contributed by atoms with van der Waals surface area (Å²) in [4.78, 5) is 21.5. The van der Waals surface area contributed by atoms with Gasteiger partial charge in [-0.2, -0.15) is 0 Å². The summed E-state index contributed by atoms with van der Waals surface area (Å²) in [6.07, 6.45) is 2.15. The highest BCUT2D eigenvalue weighted by atomic mass is 16.5. The van der Waals surface area contributed by atoms with Gasteiger partial charge < -0.3 is 4.74 Å². The zero-order chi connectivity index (χ0) is 12.0. The number of carbonyl (C=O) groups excluding carboxylic acids is 2. The van der Waals surface area contributed by atoms with Crippen LogP contribution in [0, 0.1) is 0 Å². The first-order valence-electron chi connectivity index (χ1n) is 4.72. The number of carbonyl (C=O) groups is 2. The Morgan fingerprint density at radius 2 is 2.06 bits per heavy atom. The van der Waals surface area contributed by atoms with Gasteiger partial charge in [0, 0.05) is 0 Å². The van der Waals surface area contributed by atoms with Gasteiger partial charge in [-0.3, -0.25) is 4.79 Å². The van der Waals surface area contributed by atoms with Crippen LogP contribution in [-0.2, 0) is 14.3 Å². The molecule has 0 aliphatic carbocycles. The van der Waals surface area contributed by atoms with Crippen molar-refractivity contribution in [3.63, 3.8) is 0 Å². The molecule has 0 N–H and O–H groups in total. The largest absolute Gasteiger partial charge is 0.454 e. The minimum absolute atomic E-state index is 0.220. The summed E-state index contributed by atoms with van der Waals surface area (Å²) in [5, 5.41) is 0. The lowest BCUT2D eigenvalue weighted by molar-refractivity contribution is -0.139. The fourth-order valence-corrected chi connectivity index (χ4v) is 1.26. The molecule has 0 saturated carbocycles. The molecule has 0 spiro atoms. The van der Waals surface area contributed by atoms with E-state index in [4.69, 9.17) is 0 Å². The molecule has 0 aliphatic rings. The van der Waals surface area contributed by atoms with Crippen LogP contribution in [0.5, 0.6) is 0 Å². The lowest BCUT2D eigenvalue weighted by Gasteiger charge is -2.07. The number of hydrogen-bond acceptors (Lipinski definition) is 3. The first-order chi connectivity index (χ1) is 7.70. The highest BCUT2D eigenvalue weighted by molar-refractivity contribution is 6.16. The molecule has 3 heteroatoms. The number of rotatable bonds is 5. The van der Waals surface area contributed by atoms with Crippen molar-refractivity contribution in [3.05, 3.63) is 48.6 Å². The molecule has 0 aromatic heterocycles. The fourth-order valence-electron chi connectivity index (χ4n) is 1.26. The average molecular weight is 216 g/mol. The van der Waals surface area contributed by atoms with Crippen LogP contribution in [0.3, 0.4) is 0 Å². The Balaban J connectivity index is 2.91. The molecule has 0 saturated heterocycles. The Labute approximate surface area is 94.0 Å². The number of benzene rings is 1. The molecule has 3 nitrogen and oxygen atoms in total. The van der Waals surface area contributed by atoms with Crippen molar-refractivity contribution >= 4 is 23.9 Å². The highest BCUT2D eigenvalue weighted by Crippen LogP contribution is 2.19. The summed E-state index contributed by atoms with van der Waals surface area (Å²) >= 11 is 0. The molecule has 82 valence electrons. The molecule has 0 aliphatic heterocycles. The second kappa shape index (κ2) is 5.66. The van der Waals surface area contributed by atoms with E-state index in [-0.39, 0.29) is 12.2 Å². The Hall–Kier alpha value is -2.16. The summed E-state index contributed by atoms with van der Waals surface area (Å²) in [5.74, 6) is -0.596. The molecular weight excluding hydrogens is 204 g/mol. The summed E-state index contributed by atoms with van der Waals surface area (Å²) in [5.41, 5.74) is 1.68. The third-order valence-corrected chi connectivity index (χ3v) is 2.03. The quantitative estimate of drug-likeness (QED) is 0.430. The first kappa shape index (κ1) is 11.9. The van der Waals surface area contributed by atoms with Crippen molar-refractivity contribution in [3.8, 4) is 0 Å². The minimum Gasteiger partial charge on any atom is -0.454 e. The molecular formula is C13H12O3. The second-order valence-electron chi connectivity index (χ2n) is 3.04. The van der Waals surface area contributed by atoms with E-state index in [1.807, 2.05) is 12.1 Å². The van der Waals surface area contributed by atoms with Crippen LogP contribution in [0.15, 0.2) is 37.4 Å². The smallest absolute Gasteiger partial charge is 0.338 e. The van der Waals surface area contributed by atoms with Crippen LogP contribution < -0.4 is 0 Å². The first-order valence-corrected chi connectivity index (χ1v) is 4.72. The van der Waals surface area contributed by atoms with Gasteiger partial charge in [0.2, 0.25) is 0 Å². The van der Waals surface area contributed by atoms with E-state index in [1.54, 1.807) is 18.2 Å². The Kier molecular flexibility index (Phi) is 4.21. The van der Waals surface area contributed by atoms with Crippen molar-refractivity contribution in [2.75, 3.05) is 6.61 Å². The zero-order valence-corrected chi connectivity index (χ0v) is 8.81. The van der Waals surface area contributed by atoms with Crippen LogP contribution in [0.25, 0.3) is 11.6 Å². The molecule has 0 heterocycles. The zero-order valence-electron chi connectivity index (χ0n) is 8.81. The van der Waals surface area contributed by atoms with Gasteiger partial charge in [0.05, 0.1) is 5.57 Å². The monoisotopic (exact) mass is 216 g/mol. The predicted molar refractivity (Wildman–Crippen MR) is 62.6 cm³/mol. The highest BCUT2D eigenvalue weighted by Gasteiger charge is 2.12. The van der Waals surface area contributed by atoms with Crippen molar-refractivity contribution in [1.82, 2.24) is 0 Å². The van der Waals surface area contributed by atoms with Gasteiger partial charge in [0.1, 0.15) is 6.61 Å². The van der Waals surface area contributed by atoms with Crippen LogP contribution in [-0.4, -0.2) is 18.9 Å². The molecule has 0 atom stereocenters. The van der Waals surface area contributed by atoms with E-state index in [9.17, 15) is 9.59 Å². The van der Waals surface area contributed by atoms with Crippen LogP contribution in [0.4, 0.5) is 0 Å². The Morgan fingerprint density at radius 1 is 1.38 bits per heavy atom. The number of hydrogen-bond donors (Lipinski definition) is 0. The maximum absolute atomic E-state index is 11.5. The normalized spacial score (nSPS) is 9.25. The molecule has 0 unspecified atom stereocenters. The van der Waals surface area contributed by atoms with Gasteiger partial charge in [0.25, 0.3) is 0 Å². The maximum Gasteiger partial charge on any atom is 0.338 e. The van der Waals surface area contributed by atoms with Crippen LogP contribution in [0.2, 0.25) is 0 Å². The van der Waals surface area contributed by atoms with Crippen molar-refractivity contribution in [1.29, 1.82) is 0 Å². The van der Waals surface area contributed by atoms with Gasteiger partial charge >= 0.3 is 5.97 Å². The summed E-state index contributed by atoms with van der Waals surface area (Å²) in [7, 11) is 0. The average Bonchev–Trinajstić information content (AvgIpc) is 2.34. The molecule has 0 bridgehead atoms. The molecule has 1 aromatic carbocycles. The van der Waals surface area contributed by atoms with E-state index in [1.165, 1.54) is 0 Å². The van der Waals surface area contributed by atoms with Crippen molar-refractivity contribution in [2.45, 2.75) is 0 Å². The molecule has 0 fully saturated rings. The van der Waals surface area contributed by atoms with Crippen LogP contribution >= 0.6 is 0 Å². The van der Waals surface area contributed by atoms with Gasteiger partial charge in [0.15, 0.2) is 6.29 Å². The van der Waals surface area contributed by atoms with E-state index >= 15 is 0 Å². The standard InChI is InChI=1S/C13H12O3/c1-3-11-6-4-5-7-12(11)10(2)13(15)16-9-8-14/h3-8H,1-2,9H2. The van der Waals surface area contributed by atoms with E-state index < -0.39 is 5.97 Å². The van der Waals surface area contributed by atoms with Gasteiger partial charge in [-0.1, -0.05) is 43.5 Å². The second-order valence-corrected chi connectivity index (χ2v) is 3.04. The lowest BCUT2D eigenvalue weighted by atomic mass is 10.0. The van der Waals surface area contributed by atoms with E-state index in [0.717, 1.165) is 5.56 Å². The van der Waals surface area contributed by atoms with Gasteiger partial charge in [-0.15, -0.1) is 0 Å². The number of ether oxygens (including phenoxy) is 1. The Bertz CT molecular complexity index is 433. The third kappa shape index (κ3) is 2.67. The number of esters is 1. The summed E-state index contributed by atoms with van der Waals surface area (Å²) in [6.45, 7) is 7.04. The predicted octanol–water partition coefficient (Wildman–Crippen LogP) is 2.08. The summed E-state index contributed by atoms with van der Waals surface area (Å²) in [6, 6.07) is 7.20.